The lowest BCUT2D eigenvalue weighted by Gasteiger charge is -2.22. The fraction of sp³-hybridized carbons (Fsp3) is 0.211. The van der Waals surface area contributed by atoms with E-state index in [1.165, 1.54) is 17.7 Å². The number of hydrogen-bond donors (Lipinski definition) is 4. The number of rotatable bonds is 11. The molecule has 1 aliphatic carbocycles. The van der Waals surface area contributed by atoms with Crippen molar-refractivity contribution >= 4 is 40.3 Å². The number of aromatic nitrogens is 1. The highest BCUT2D eigenvalue weighted by Crippen LogP contribution is 2.37. The number of oxazole rings is 1. The molecule has 1 unspecified atom stereocenters. The largest absolute Gasteiger partial charge is 0.573 e. The minimum Gasteiger partial charge on any atom is -0.481 e. The molecular formula is C38H33F3N4O6. The second-order valence-corrected chi connectivity index (χ2v) is 11.9. The Balaban J connectivity index is 1.26. The average Bonchev–Trinajstić information content (AvgIpc) is 3.55. The molecule has 51 heavy (non-hydrogen) atoms. The number of ether oxygens (including phenoxy) is 1. The third-order valence-corrected chi connectivity index (χ3v) is 8.30. The molecule has 0 aliphatic heterocycles. The van der Waals surface area contributed by atoms with Crippen LogP contribution in [0.5, 0.6) is 5.75 Å². The summed E-state index contributed by atoms with van der Waals surface area (Å²) in [5.74, 6) is -2.16. The second-order valence-electron chi connectivity index (χ2n) is 11.9. The van der Waals surface area contributed by atoms with Crippen molar-refractivity contribution < 1.29 is 41.8 Å². The fourth-order valence-electron chi connectivity index (χ4n) is 5.84. The molecule has 0 spiro atoms. The smallest absolute Gasteiger partial charge is 0.481 e. The van der Waals surface area contributed by atoms with Gasteiger partial charge in [0.2, 0.25) is 5.89 Å². The van der Waals surface area contributed by atoms with E-state index in [4.69, 9.17) is 9.52 Å². The molecule has 0 bridgehead atoms. The highest BCUT2D eigenvalue weighted by atomic mass is 19.4. The van der Waals surface area contributed by atoms with Gasteiger partial charge in [-0.15, -0.1) is 13.2 Å². The van der Waals surface area contributed by atoms with Gasteiger partial charge in [-0.3, -0.25) is 9.59 Å². The number of benzene rings is 4. The van der Waals surface area contributed by atoms with Crippen molar-refractivity contribution in [3.05, 3.63) is 119 Å². The van der Waals surface area contributed by atoms with Crippen molar-refractivity contribution in [3.8, 4) is 17.2 Å². The van der Waals surface area contributed by atoms with Gasteiger partial charge in [0.05, 0.1) is 18.0 Å². The van der Waals surface area contributed by atoms with E-state index in [1.807, 2.05) is 24.3 Å². The Hall–Kier alpha value is -6.11. The van der Waals surface area contributed by atoms with Crippen LogP contribution in [0.2, 0.25) is 0 Å². The molecule has 1 atom stereocenters. The summed E-state index contributed by atoms with van der Waals surface area (Å²) >= 11 is 0. The fourth-order valence-corrected chi connectivity index (χ4v) is 5.84. The SMILES string of the molecule is O=C(O)CCNC(=O)c1ccc(C(NC(=O)Nc2ccc(OC(F)(F)F)c(-c3nc4ccccc4o3)c2)c2ccc(C3=CCCCC3)cc2)cc1. The van der Waals surface area contributed by atoms with E-state index in [-0.39, 0.29) is 30.1 Å². The summed E-state index contributed by atoms with van der Waals surface area (Å²) in [4.78, 5) is 41.2. The van der Waals surface area contributed by atoms with Crippen LogP contribution in [0.3, 0.4) is 0 Å². The minimum atomic E-state index is -4.99. The van der Waals surface area contributed by atoms with E-state index in [1.54, 1.807) is 48.5 Å². The second kappa shape index (κ2) is 15.2. The highest BCUT2D eigenvalue weighted by Gasteiger charge is 2.33. The van der Waals surface area contributed by atoms with Crippen LogP contribution in [0.4, 0.5) is 23.7 Å². The summed E-state index contributed by atoms with van der Waals surface area (Å²) in [6, 6.07) is 23.3. The number of allylic oxidation sites excluding steroid dienone is 2. The van der Waals surface area contributed by atoms with Gasteiger partial charge in [0.25, 0.3) is 5.91 Å². The van der Waals surface area contributed by atoms with Crippen LogP contribution < -0.4 is 20.7 Å². The zero-order valence-electron chi connectivity index (χ0n) is 27.1. The maximum absolute atomic E-state index is 13.5. The van der Waals surface area contributed by atoms with Gasteiger partial charge in [-0.1, -0.05) is 54.6 Å². The Morgan fingerprint density at radius 1 is 0.922 bits per heavy atom. The number of carboxylic acids is 1. The van der Waals surface area contributed by atoms with Crippen LogP contribution in [-0.2, 0) is 4.79 Å². The van der Waals surface area contributed by atoms with Crippen LogP contribution in [0, 0.1) is 0 Å². The predicted octanol–water partition coefficient (Wildman–Crippen LogP) is 8.47. The van der Waals surface area contributed by atoms with E-state index < -0.39 is 36.1 Å². The third-order valence-electron chi connectivity index (χ3n) is 8.30. The van der Waals surface area contributed by atoms with Gasteiger partial charge in [-0.05, 0) is 90.4 Å². The molecular weight excluding hydrogens is 665 g/mol. The first-order valence-electron chi connectivity index (χ1n) is 16.2. The number of alkyl halides is 3. The summed E-state index contributed by atoms with van der Waals surface area (Å²) in [6.45, 7) is -0.0273. The molecule has 5 aromatic rings. The Bertz CT molecular complexity index is 2040. The zero-order valence-corrected chi connectivity index (χ0v) is 27.1. The topological polar surface area (TPSA) is 143 Å². The van der Waals surface area contributed by atoms with E-state index >= 15 is 0 Å². The molecule has 3 amide bonds. The first-order valence-corrected chi connectivity index (χ1v) is 16.2. The average molecular weight is 699 g/mol. The molecule has 6 rings (SSSR count). The minimum absolute atomic E-state index is 0.0273. The standard InChI is InChI=1S/C38H33F3N4O6/c39-38(40,41)51-31-19-18-28(22-29(31)36-44-30-8-4-5-9-32(30)50-36)43-37(49)45-34(25-12-10-24(11-13-25)23-6-2-1-3-7-23)26-14-16-27(17-15-26)35(48)42-21-20-33(46)47/h4-6,8-19,22,34H,1-3,7,20-21H2,(H,42,48)(H,46,47)(H2,43,45,49). The normalized spacial score (nSPS) is 13.6. The number of amides is 3. The lowest BCUT2D eigenvalue weighted by atomic mass is 9.91. The molecule has 0 saturated heterocycles. The summed E-state index contributed by atoms with van der Waals surface area (Å²) in [5, 5.41) is 17.1. The molecule has 4 aromatic carbocycles. The third kappa shape index (κ3) is 8.93. The Morgan fingerprint density at radius 2 is 1.65 bits per heavy atom. The molecule has 0 fully saturated rings. The van der Waals surface area contributed by atoms with Crippen LogP contribution in [0.15, 0.2) is 101 Å². The van der Waals surface area contributed by atoms with Gasteiger partial charge in [0.15, 0.2) is 5.58 Å². The van der Waals surface area contributed by atoms with Crippen LogP contribution in [0.25, 0.3) is 28.1 Å². The highest BCUT2D eigenvalue weighted by molar-refractivity contribution is 5.94. The summed E-state index contributed by atoms with van der Waals surface area (Å²) in [6.07, 6.45) is 1.31. The van der Waals surface area contributed by atoms with E-state index in [0.29, 0.717) is 22.2 Å². The van der Waals surface area contributed by atoms with Crippen molar-refractivity contribution in [1.82, 2.24) is 15.6 Å². The molecule has 10 nitrogen and oxygen atoms in total. The number of carbonyl (C=O) groups is 3. The zero-order chi connectivity index (χ0) is 36.0. The van der Waals surface area contributed by atoms with E-state index in [2.05, 4.69) is 31.7 Å². The molecule has 262 valence electrons. The number of nitrogens with one attached hydrogen (secondary N) is 3. The number of nitrogens with zero attached hydrogens (tertiary/aromatic N) is 1. The number of carbonyl (C=O) groups excluding carboxylic acids is 2. The van der Waals surface area contributed by atoms with Gasteiger partial charge in [0, 0.05) is 17.8 Å². The van der Waals surface area contributed by atoms with Crippen molar-refractivity contribution in [3.63, 3.8) is 0 Å². The maximum Gasteiger partial charge on any atom is 0.573 e. The number of fused-ring (bicyclic) bond motifs is 1. The van der Waals surface area contributed by atoms with Crippen molar-refractivity contribution in [2.75, 3.05) is 11.9 Å². The first kappa shape index (κ1) is 34.7. The molecule has 1 aromatic heterocycles. The number of halogens is 3. The molecule has 0 radical (unpaired) electrons. The number of anilines is 1. The van der Waals surface area contributed by atoms with Crippen LogP contribution in [-0.4, -0.2) is 40.9 Å². The lowest BCUT2D eigenvalue weighted by molar-refractivity contribution is -0.274. The molecule has 1 aliphatic rings. The quantitative estimate of drug-likeness (QED) is 0.108. The number of aliphatic carboxylic acids is 1. The lowest BCUT2D eigenvalue weighted by Crippen LogP contribution is -2.33. The maximum atomic E-state index is 13.5. The Kier molecular flexibility index (Phi) is 10.4. The van der Waals surface area contributed by atoms with E-state index in [0.717, 1.165) is 42.9 Å². The Labute approximate surface area is 290 Å². The molecule has 13 heteroatoms. The Morgan fingerprint density at radius 3 is 2.31 bits per heavy atom. The summed E-state index contributed by atoms with van der Waals surface area (Å²) in [5.41, 5.74) is 4.85. The number of para-hydroxylation sites is 2. The summed E-state index contributed by atoms with van der Waals surface area (Å²) < 4.78 is 49.9. The van der Waals surface area contributed by atoms with Gasteiger partial charge in [-0.25, -0.2) is 9.78 Å². The predicted molar refractivity (Wildman–Crippen MR) is 184 cm³/mol. The van der Waals surface area contributed by atoms with E-state index in [9.17, 15) is 27.6 Å². The molecule has 0 saturated carbocycles. The van der Waals surface area contributed by atoms with Crippen molar-refractivity contribution in [2.45, 2.75) is 44.5 Å². The first-order chi connectivity index (χ1) is 24.5. The van der Waals surface area contributed by atoms with Gasteiger partial charge in [0.1, 0.15) is 11.3 Å². The number of urea groups is 1. The van der Waals surface area contributed by atoms with Gasteiger partial charge < -0.3 is 30.2 Å². The van der Waals surface area contributed by atoms with Crippen LogP contribution >= 0.6 is 0 Å². The summed E-state index contributed by atoms with van der Waals surface area (Å²) in [7, 11) is 0. The number of hydrogen-bond acceptors (Lipinski definition) is 6. The van der Waals surface area contributed by atoms with Gasteiger partial charge in [-0.2, -0.15) is 0 Å². The van der Waals surface area contributed by atoms with Crippen molar-refractivity contribution in [1.29, 1.82) is 0 Å². The monoisotopic (exact) mass is 698 g/mol. The molecule has 4 N–H and O–H groups in total. The number of carboxylic acid groups (broad SMARTS) is 1. The van der Waals surface area contributed by atoms with Gasteiger partial charge >= 0.3 is 18.4 Å². The molecule has 1 heterocycles. The van der Waals surface area contributed by atoms with Crippen LogP contribution in [0.1, 0.15) is 65.2 Å². The van der Waals surface area contributed by atoms with Crippen molar-refractivity contribution in [2.24, 2.45) is 0 Å².